The number of ether oxygens (including phenoxy) is 1. The van der Waals surface area contributed by atoms with Gasteiger partial charge in [0.25, 0.3) is 0 Å². The first-order chi connectivity index (χ1) is 9.47. The number of likely N-dealkylation sites (tertiary alicyclic amines) is 1. The van der Waals surface area contributed by atoms with E-state index in [1.54, 1.807) is 4.90 Å². The van der Waals surface area contributed by atoms with Gasteiger partial charge in [-0.15, -0.1) is 0 Å². The average molecular weight is 300 g/mol. The first-order valence-electron chi connectivity index (χ1n) is 7.20. The molecule has 0 aliphatic carbocycles. The van der Waals surface area contributed by atoms with Crippen molar-refractivity contribution < 1.29 is 14.3 Å². The monoisotopic (exact) mass is 300 g/mol. The van der Waals surface area contributed by atoms with Crippen LogP contribution in [0.3, 0.4) is 0 Å². The molecule has 1 N–H and O–H groups in total. The van der Waals surface area contributed by atoms with Crippen molar-refractivity contribution in [3.63, 3.8) is 0 Å². The molecule has 114 valence electrons. The number of nitrogens with one attached hydrogen (secondary N) is 1. The van der Waals surface area contributed by atoms with Crippen molar-refractivity contribution >= 4 is 23.8 Å². The molecule has 6 heteroatoms. The minimum atomic E-state index is -0.589. The van der Waals surface area contributed by atoms with E-state index < -0.39 is 5.41 Å². The fourth-order valence-corrected chi connectivity index (χ4v) is 4.12. The zero-order valence-electron chi connectivity index (χ0n) is 12.5. The summed E-state index contributed by atoms with van der Waals surface area (Å²) in [6.07, 6.45) is 2.42. The molecular weight excluding hydrogens is 276 g/mol. The minimum Gasteiger partial charge on any atom is -0.469 e. The summed E-state index contributed by atoms with van der Waals surface area (Å²) in [5, 5.41) is 3.54. The van der Waals surface area contributed by atoms with Gasteiger partial charge >= 0.3 is 12.0 Å². The van der Waals surface area contributed by atoms with Crippen LogP contribution in [0.25, 0.3) is 0 Å². The number of amides is 2. The van der Waals surface area contributed by atoms with Gasteiger partial charge in [-0.05, 0) is 31.4 Å². The Labute approximate surface area is 124 Å². The van der Waals surface area contributed by atoms with Gasteiger partial charge in [-0.3, -0.25) is 4.79 Å². The Morgan fingerprint density at radius 1 is 1.50 bits per heavy atom. The number of hydrogen-bond acceptors (Lipinski definition) is 4. The molecule has 0 aromatic rings. The van der Waals surface area contributed by atoms with Crippen molar-refractivity contribution in [1.82, 2.24) is 10.2 Å². The molecular formula is C14H24N2O3S. The minimum absolute atomic E-state index is 0.0584. The Kier molecular flexibility index (Phi) is 4.83. The highest BCUT2D eigenvalue weighted by atomic mass is 32.2. The van der Waals surface area contributed by atoms with E-state index in [2.05, 4.69) is 5.32 Å². The molecule has 1 unspecified atom stereocenters. The molecule has 0 spiro atoms. The lowest BCUT2D eigenvalue weighted by Crippen LogP contribution is -2.43. The largest absolute Gasteiger partial charge is 0.469 e. The molecule has 2 rings (SSSR count). The first kappa shape index (κ1) is 15.5. The Bertz CT molecular complexity index is 385. The number of thioether (sulfide) groups is 1. The van der Waals surface area contributed by atoms with Crippen molar-refractivity contribution in [2.24, 2.45) is 11.3 Å². The second-order valence-corrected chi connectivity index (χ2v) is 7.42. The van der Waals surface area contributed by atoms with Crippen LogP contribution in [-0.4, -0.2) is 54.6 Å². The molecule has 20 heavy (non-hydrogen) atoms. The maximum atomic E-state index is 12.2. The maximum absolute atomic E-state index is 12.2. The number of carbonyl (C=O) groups is 2. The lowest BCUT2D eigenvalue weighted by atomic mass is 9.81. The highest BCUT2D eigenvalue weighted by Crippen LogP contribution is 2.36. The van der Waals surface area contributed by atoms with Crippen molar-refractivity contribution in [3.8, 4) is 0 Å². The number of methoxy groups -OCH3 is 1. The van der Waals surface area contributed by atoms with Gasteiger partial charge in [0.05, 0.1) is 12.5 Å². The number of rotatable bonds is 3. The summed E-state index contributed by atoms with van der Waals surface area (Å²) in [4.78, 5) is 25.8. The normalized spacial score (nSPS) is 33.2. The Balaban J connectivity index is 1.87. The highest BCUT2D eigenvalue weighted by molar-refractivity contribution is 8.00. The van der Waals surface area contributed by atoms with Crippen LogP contribution in [0.15, 0.2) is 0 Å². The maximum Gasteiger partial charge on any atom is 0.317 e. The Morgan fingerprint density at radius 3 is 2.85 bits per heavy atom. The zero-order valence-corrected chi connectivity index (χ0v) is 13.3. The molecule has 2 aliphatic rings. The molecule has 3 atom stereocenters. The number of carbonyl (C=O) groups excluding carboxylic acids is 2. The average Bonchev–Trinajstić information content (AvgIpc) is 3.05. The molecule has 0 aromatic heterocycles. The molecule has 0 radical (unpaired) electrons. The van der Waals surface area contributed by atoms with Gasteiger partial charge < -0.3 is 15.0 Å². The lowest BCUT2D eigenvalue weighted by Gasteiger charge is -2.24. The fraction of sp³-hybridized carbons (Fsp3) is 0.857. The summed E-state index contributed by atoms with van der Waals surface area (Å²) in [5.74, 6) is 1.08. The van der Waals surface area contributed by atoms with Crippen LogP contribution < -0.4 is 5.32 Å². The van der Waals surface area contributed by atoms with Crippen molar-refractivity contribution in [1.29, 1.82) is 0 Å². The predicted molar refractivity (Wildman–Crippen MR) is 79.7 cm³/mol. The molecule has 2 amide bonds. The first-order valence-corrected chi connectivity index (χ1v) is 8.25. The summed E-state index contributed by atoms with van der Waals surface area (Å²) in [5.41, 5.74) is -0.589. The molecule has 5 nitrogen and oxygen atoms in total. The molecule has 0 bridgehead atoms. The highest BCUT2D eigenvalue weighted by Gasteiger charge is 2.48. The second kappa shape index (κ2) is 6.24. The van der Waals surface area contributed by atoms with Crippen LogP contribution in [0.4, 0.5) is 4.79 Å². The van der Waals surface area contributed by atoms with E-state index in [4.69, 9.17) is 4.74 Å². The Morgan fingerprint density at radius 2 is 2.25 bits per heavy atom. The van der Waals surface area contributed by atoms with Gasteiger partial charge in [0.15, 0.2) is 0 Å². The summed E-state index contributed by atoms with van der Waals surface area (Å²) in [6.45, 7) is 5.64. The molecule has 0 aromatic carbocycles. The fourth-order valence-electron chi connectivity index (χ4n) is 2.92. The third-order valence-electron chi connectivity index (χ3n) is 4.55. The van der Waals surface area contributed by atoms with Gasteiger partial charge in [0.2, 0.25) is 0 Å². The molecule has 2 heterocycles. The van der Waals surface area contributed by atoms with Crippen molar-refractivity contribution in [2.75, 3.05) is 32.5 Å². The quantitative estimate of drug-likeness (QED) is 0.806. The zero-order chi connectivity index (χ0) is 14.8. The summed E-state index contributed by atoms with van der Waals surface area (Å²) in [7, 11) is 1.40. The summed E-state index contributed by atoms with van der Waals surface area (Å²) >= 11 is 1.93. The van der Waals surface area contributed by atoms with E-state index in [0.29, 0.717) is 18.3 Å². The number of esters is 1. The summed E-state index contributed by atoms with van der Waals surface area (Å²) in [6, 6.07) is -0.0584. The van der Waals surface area contributed by atoms with Crippen LogP contribution in [0.1, 0.15) is 26.7 Å². The third-order valence-corrected chi connectivity index (χ3v) is 5.94. The van der Waals surface area contributed by atoms with E-state index in [1.165, 1.54) is 25.7 Å². The second-order valence-electron chi connectivity index (χ2n) is 6.01. The Hall–Kier alpha value is -0.910. The van der Waals surface area contributed by atoms with E-state index in [1.807, 2.05) is 25.6 Å². The smallest absolute Gasteiger partial charge is 0.317 e. The van der Waals surface area contributed by atoms with Crippen molar-refractivity contribution in [2.45, 2.75) is 31.9 Å². The topological polar surface area (TPSA) is 58.6 Å². The van der Waals surface area contributed by atoms with E-state index >= 15 is 0 Å². The van der Waals surface area contributed by atoms with Gasteiger partial charge in [-0.25, -0.2) is 4.79 Å². The molecule has 2 aliphatic heterocycles. The van der Waals surface area contributed by atoms with Crippen LogP contribution in [0.2, 0.25) is 0 Å². The van der Waals surface area contributed by atoms with Crippen molar-refractivity contribution in [3.05, 3.63) is 0 Å². The van der Waals surface area contributed by atoms with Gasteiger partial charge in [-0.2, -0.15) is 11.8 Å². The van der Waals surface area contributed by atoms with Crippen LogP contribution in [0.5, 0.6) is 0 Å². The standard InChI is InChI=1S/C14H24N2O3S/c1-10-8-16(9-14(10,2)12(17)19-3)13(18)15-7-11-5-4-6-20-11/h10-11H,4-9H2,1-3H3,(H,15,18)/t10-,11?,14-/m1/s1. The predicted octanol–water partition coefficient (Wildman–Crippen LogP) is 1.72. The van der Waals surface area contributed by atoms with Crippen LogP contribution in [-0.2, 0) is 9.53 Å². The molecule has 0 saturated carbocycles. The van der Waals surface area contributed by atoms with E-state index in [-0.39, 0.29) is 17.9 Å². The van der Waals surface area contributed by atoms with Gasteiger partial charge in [-0.1, -0.05) is 6.92 Å². The molecule has 2 fully saturated rings. The number of hydrogen-bond donors (Lipinski definition) is 1. The van der Waals surface area contributed by atoms with Gasteiger partial charge in [0, 0.05) is 24.9 Å². The third kappa shape index (κ3) is 3.05. The van der Waals surface area contributed by atoms with E-state index in [0.717, 1.165) is 6.54 Å². The molecule has 2 saturated heterocycles. The van der Waals surface area contributed by atoms with Gasteiger partial charge in [0.1, 0.15) is 0 Å². The summed E-state index contributed by atoms with van der Waals surface area (Å²) < 4.78 is 4.88. The SMILES string of the molecule is COC(=O)[C@]1(C)CN(C(=O)NCC2CCCS2)C[C@H]1C. The number of urea groups is 1. The van der Waals surface area contributed by atoms with Crippen LogP contribution in [0, 0.1) is 11.3 Å². The number of nitrogens with zero attached hydrogens (tertiary/aromatic N) is 1. The lowest BCUT2D eigenvalue weighted by molar-refractivity contribution is -0.152. The van der Waals surface area contributed by atoms with Crippen LogP contribution >= 0.6 is 11.8 Å². The van der Waals surface area contributed by atoms with E-state index in [9.17, 15) is 9.59 Å².